The van der Waals surface area contributed by atoms with E-state index in [2.05, 4.69) is 12.1 Å². The molecule has 0 amide bonds. The van der Waals surface area contributed by atoms with Crippen LogP contribution < -0.4 is 0 Å². The standard InChI is InChI=1S/C18H22ClNO2/c1-4-20-16(11-14-6-8-15(12-19)9-7-14)13(3)10-17(20)18(21)22-5-2/h6-10H,4-5,11-12H2,1-3H3. The number of benzene rings is 1. The van der Waals surface area contributed by atoms with Crippen LogP contribution in [0.1, 0.15) is 46.7 Å². The molecule has 0 saturated heterocycles. The van der Waals surface area contributed by atoms with E-state index < -0.39 is 0 Å². The third-order valence-corrected chi connectivity index (χ3v) is 4.08. The molecule has 118 valence electrons. The van der Waals surface area contributed by atoms with E-state index >= 15 is 0 Å². The second-order valence-electron chi connectivity index (χ2n) is 5.25. The fraction of sp³-hybridized carbons (Fsp3) is 0.389. The van der Waals surface area contributed by atoms with E-state index in [1.807, 2.05) is 43.5 Å². The summed E-state index contributed by atoms with van der Waals surface area (Å²) in [6, 6.07) is 10.2. The lowest BCUT2D eigenvalue weighted by atomic mass is 10.1. The highest BCUT2D eigenvalue weighted by atomic mass is 35.5. The van der Waals surface area contributed by atoms with Crippen molar-refractivity contribution in [3.05, 3.63) is 58.4 Å². The molecule has 0 N–H and O–H groups in total. The first-order valence-electron chi connectivity index (χ1n) is 7.60. The van der Waals surface area contributed by atoms with Gasteiger partial charge in [0.25, 0.3) is 0 Å². The quantitative estimate of drug-likeness (QED) is 0.586. The monoisotopic (exact) mass is 319 g/mol. The van der Waals surface area contributed by atoms with Gasteiger partial charge in [0.05, 0.1) is 6.61 Å². The van der Waals surface area contributed by atoms with E-state index in [4.69, 9.17) is 16.3 Å². The molecule has 1 aromatic heterocycles. The highest BCUT2D eigenvalue weighted by Crippen LogP contribution is 2.21. The van der Waals surface area contributed by atoms with Crippen molar-refractivity contribution in [2.45, 2.75) is 39.6 Å². The Hall–Kier alpha value is -1.74. The maximum Gasteiger partial charge on any atom is 0.354 e. The average molecular weight is 320 g/mol. The summed E-state index contributed by atoms with van der Waals surface area (Å²) in [5, 5.41) is 0. The van der Waals surface area contributed by atoms with Crippen LogP contribution in [0.5, 0.6) is 0 Å². The summed E-state index contributed by atoms with van der Waals surface area (Å²) in [5.41, 5.74) is 5.23. The lowest BCUT2D eigenvalue weighted by molar-refractivity contribution is 0.0513. The van der Waals surface area contributed by atoms with Gasteiger partial charge in [-0.2, -0.15) is 0 Å². The Balaban J connectivity index is 2.31. The van der Waals surface area contributed by atoms with E-state index in [0.29, 0.717) is 18.2 Å². The van der Waals surface area contributed by atoms with Gasteiger partial charge in [0.15, 0.2) is 0 Å². The first-order valence-corrected chi connectivity index (χ1v) is 8.14. The van der Waals surface area contributed by atoms with Gasteiger partial charge in [0.1, 0.15) is 5.69 Å². The average Bonchev–Trinajstić information content (AvgIpc) is 2.84. The number of carbonyl (C=O) groups is 1. The Bertz CT molecular complexity index is 644. The van der Waals surface area contributed by atoms with Gasteiger partial charge in [0, 0.05) is 24.5 Å². The molecular weight excluding hydrogens is 298 g/mol. The number of rotatable bonds is 6. The number of halogens is 1. The number of aromatic nitrogens is 1. The van der Waals surface area contributed by atoms with Crippen molar-refractivity contribution >= 4 is 17.6 Å². The zero-order valence-electron chi connectivity index (χ0n) is 13.4. The number of nitrogens with zero attached hydrogens (tertiary/aromatic N) is 1. The molecule has 0 radical (unpaired) electrons. The molecule has 0 spiro atoms. The van der Waals surface area contributed by atoms with Gasteiger partial charge >= 0.3 is 5.97 Å². The van der Waals surface area contributed by atoms with Gasteiger partial charge in [-0.1, -0.05) is 24.3 Å². The minimum absolute atomic E-state index is 0.254. The summed E-state index contributed by atoms with van der Waals surface area (Å²) < 4.78 is 7.19. The normalized spacial score (nSPS) is 10.7. The van der Waals surface area contributed by atoms with Crippen LogP contribution >= 0.6 is 11.6 Å². The number of hydrogen-bond donors (Lipinski definition) is 0. The molecule has 22 heavy (non-hydrogen) atoms. The van der Waals surface area contributed by atoms with Crippen molar-refractivity contribution in [3.8, 4) is 0 Å². The van der Waals surface area contributed by atoms with Crippen LogP contribution in [0.15, 0.2) is 30.3 Å². The highest BCUT2D eigenvalue weighted by Gasteiger charge is 2.18. The SMILES string of the molecule is CCOC(=O)c1cc(C)c(Cc2ccc(CCl)cc2)n1CC. The van der Waals surface area contributed by atoms with Crippen LogP contribution in [0, 0.1) is 6.92 Å². The van der Waals surface area contributed by atoms with Gasteiger partial charge in [-0.25, -0.2) is 4.79 Å². The molecule has 1 heterocycles. The van der Waals surface area contributed by atoms with Gasteiger partial charge in [-0.05, 0) is 43.5 Å². The van der Waals surface area contributed by atoms with Gasteiger partial charge in [-0.15, -0.1) is 11.6 Å². The smallest absolute Gasteiger partial charge is 0.354 e. The number of carbonyl (C=O) groups excluding carboxylic acids is 1. The van der Waals surface area contributed by atoms with Crippen molar-refractivity contribution in [2.24, 2.45) is 0 Å². The summed E-state index contributed by atoms with van der Waals surface area (Å²) in [5.74, 6) is 0.272. The predicted molar refractivity (Wildman–Crippen MR) is 89.6 cm³/mol. The molecule has 1 aromatic carbocycles. The molecule has 2 aromatic rings. The Kier molecular flexibility index (Phi) is 5.67. The molecule has 0 aliphatic rings. The number of esters is 1. The maximum atomic E-state index is 12.1. The van der Waals surface area contributed by atoms with E-state index in [1.54, 1.807) is 0 Å². The molecule has 4 heteroatoms. The van der Waals surface area contributed by atoms with Crippen LogP contribution in [0.4, 0.5) is 0 Å². The highest BCUT2D eigenvalue weighted by molar-refractivity contribution is 6.17. The molecular formula is C18H22ClNO2. The summed E-state index contributed by atoms with van der Waals surface area (Å²) in [6.45, 7) is 7.04. The van der Waals surface area contributed by atoms with E-state index in [-0.39, 0.29) is 5.97 Å². The Morgan fingerprint density at radius 1 is 1.18 bits per heavy atom. The largest absolute Gasteiger partial charge is 0.461 e. The molecule has 0 aliphatic carbocycles. The molecule has 0 unspecified atom stereocenters. The van der Waals surface area contributed by atoms with E-state index in [0.717, 1.165) is 29.8 Å². The predicted octanol–water partition coefficient (Wildman–Crippen LogP) is 4.32. The minimum atomic E-state index is -0.254. The van der Waals surface area contributed by atoms with E-state index in [1.165, 1.54) is 5.56 Å². The van der Waals surface area contributed by atoms with E-state index in [9.17, 15) is 4.79 Å². The third-order valence-electron chi connectivity index (χ3n) is 3.77. The Labute approximate surface area is 136 Å². The van der Waals surface area contributed by atoms with Gasteiger partial charge < -0.3 is 9.30 Å². The van der Waals surface area contributed by atoms with Crippen molar-refractivity contribution in [1.29, 1.82) is 0 Å². The molecule has 0 atom stereocenters. The number of aryl methyl sites for hydroxylation is 1. The van der Waals surface area contributed by atoms with Crippen LogP contribution in [-0.4, -0.2) is 17.1 Å². The number of ether oxygens (including phenoxy) is 1. The minimum Gasteiger partial charge on any atom is -0.461 e. The lowest BCUT2D eigenvalue weighted by Crippen LogP contribution is -2.13. The fourth-order valence-electron chi connectivity index (χ4n) is 2.63. The van der Waals surface area contributed by atoms with Gasteiger partial charge in [-0.3, -0.25) is 0 Å². The topological polar surface area (TPSA) is 31.2 Å². The fourth-order valence-corrected chi connectivity index (χ4v) is 2.81. The number of hydrogen-bond acceptors (Lipinski definition) is 2. The molecule has 0 aliphatic heterocycles. The lowest BCUT2D eigenvalue weighted by Gasteiger charge is -2.11. The molecule has 0 fully saturated rings. The zero-order chi connectivity index (χ0) is 16.1. The summed E-state index contributed by atoms with van der Waals surface area (Å²) >= 11 is 5.82. The first-order chi connectivity index (χ1) is 10.6. The van der Waals surface area contributed by atoms with Crippen molar-refractivity contribution in [2.75, 3.05) is 6.61 Å². The molecule has 2 rings (SSSR count). The van der Waals surface area contributed by atoms with Crippen molar-refractivity contribution in [3.63, 3.8) is 0 Å². The Morgan fingerprint density at radius 3 is 2.36 bits per heavy atom. The molecule has 0 saturated carbocycles. The zero-order valence-corrected chi connectivity index (χ0v) is 14.1. The molecule has 0 bridgehead atoms. The summed E-state index contributed by atoms with van der Waals surface area (Å²) in [7, 11) is 0. The molecule has 3 nitrogen and oxygen atoms in total. The Morgan fingerprint density at radius 2 is 1.82 bits per heavy atom. The second kappa shape index (κ2) is 7.50. The van der Waals surface area contributed by atoms with Crippen molar-refractivity contribution in [1.82, 2.24) is 4.57 Å². The van der Waals surface area contributed by atoms with Crippen LogP contribution in [-0.2, 0) is 23.6 Å². The summed E-state index contributed by atoms with van der Waals surface area (Å²) in [4.78, 5) is 12.1. The second-order valence-corrected chi connectivity index (χ2v) is 5.52. The van der Waals surface area contributed by atoms with Crippen LogP contribution in [0.2, 0.25) is 0 Å². The van der Waals surface area contributed by atoms with Crippen LogP contribution in [0.3, 0.4) is 0 Å². The summed E-state index contributed by atoms with van der Waals surface area (Å²) in [6.07, 6.45) is 0.793. The van der Waals surface area contributed by atoms with Gasteiger partial charge in [0.2, 0.25) is 0 Å². The number of alkyl halides is 1. The third kappa shape index (κ3) is 3.53. The maximum absolute atomic E-state index is 12.1. The van der Waals surface area contributed by atoms with Crippen molar-refractivity contribution < 1.29 is 9.53 Å². The van der Waals surface area contributed by atoms with Crippen LogP contribution in [0.25, 0.3) is 0 Å². The first kappa shape index (κ1) is 16.6.